The van der Waals surface area contributed by atoms with Crippen LogP contribution in [0.25, 0.3) is 0 Å². The molecule has 0 aromatic carbocycles. The molecule has 2 N–H and O–H groups in total. The van der Waals surface area contributed by atoms with Gasteiger partial charge in [0.2, 0.25) is 5.91 Å². The summed E-state index contributed by atoms with van der Waals surface area (Å²) < 4.78 is 0. The lowest BCUT2D eigenvalue weighted by Gasteiger charge is -1.91. The Morgan fingerprint density at radius 2 is 2.08 bits per heavy atom. The van der Waals surface area contributed by atoms with Crippen LogP contribution in [0.2, 0.25) is 0 Å². The fourth-order valence-corrected chi connectivity index (χ4v) is 1.54. The van der Waals surface area contributed by atoms with E-state index >= 15 is 0 Å². The molecule has 0 spiro atoms. The lowest BCUT2D eigenvalue weighted by atomic mass is 10.4. The summed E-state index contributed by atoms with van der Waals surface area (Å²) in [4.78, 5) is 10.1. The molecule has 0 atom stereocenters. The molecule has 0 aromatic heterocycles. The molecule has 0 radical (unpaired) electrons. The van der Waals surface area contributed by atoms with Crippen molar-refractivity contribution in [3.05, 3.63) is 12.2 Å². The van der Waals surface area contributed by atoms with Crippen LogP contribution in [0.5, 0.6) is 0 Å². The second kappa shape index (κ2) is 9.65. The number of nitrogens with two attached hydrogens (primary N) is 1. The Balaban J connectivity index is 0.000000243. The van der Waals surface area contributed by atoms with E-state index in [9.17, 15) is 4.79 Å². The minimum absolute atomic E-state index is 0.203. The van der Waals surface area contributed by atoms with E-state index in [-0.39, 0.29) is 5.91 Å². The maximum Gasteiger partial charge on any atom is 0.218 e. The summed E-state index contributed by atoms with van der Waals surface area (Å²) in [6.07, 6.45) is 9.01. The zero-order valence-corrected chi connectivity index (χ0v) is 9.11. The van der Waals surface area contributed by atoms with Crippen molar-refractivity contribution in [3.8, 4) is 0 Å². The highest BCUT2D eigenvalue weighted by Gasteiger charge is 1.90. The topological polar surface area (TPSA) is 43.1 Å². The van der Waals surface area contributed by atoms with Crippen molar-refractivity contribution in [1.82, 2.24) is 0 Å². The van der Waals surface area contributed by atoms with E-state index in [1.807, 2.05) is 0 Å². The summed E-state index contributed by atoms with van der Waals surface area (Å²) in [5.74, 6) is 1.73. The van der Waals surface area contributed by atoms with Crippen molar-refractivity contribution in [2.45, 2.75) is 32.6 Å². The Hall–Kier alpha value is -0.440. The maximum absolute atomic E-state index is 10.1. The Bertz CT molecular complexity index is 151. The summed E-state index contributed by atoms with van der Waals surface area (Å²) in [5, 5.41) is 0. The van der Waals surface area contributed by atoms with Gasteiger partial charge in [0, 0.05) is 12.2 Å². The molecule has 1 rings (SSSR count). The lowest BCUT2D eigenvalue weighted by molar-refractivity contribution is -0.117. The number of carbonyl (C=O) groups is 1. The quantitative estimate of drug-likeness (QED) is 0.560. The SMILES string of the molecule is C1=CCCC1.CCSCCC(N)=O. The van der Waals surface area contributed by atoms with Crippen LogP contribution in [-0.2, 0) is 4.79 Å². The average molecular weight is 201 g/mol. The minimum Gasteiger partial charge on any atom is -0.370 e. The van der Waals surface area contributed by atoms with Crippen LogP contribution in [0.15, 0.2) is 12.2 Å². The van der Waals surface area contributed by atoms with Crippen molar-refractivity contribution in [3.63, 3.8) is 0 Å². The fraction of sp³-hybridized carbons (Fsp3) is 0.700. The van der Waals surface area contributed by atoms with Gasteiger partial charge in [-0.3, -0.25) is 4.79 Å². The predicted octanol–water partition coefficient (Wildman–Crippen LogP) is 2.34. The first-order chi connectivity index (χ1) is 6.27. The highest BCUT2D eigenvalue weighted by molar-refractivity contribution is 7.99. The van der Waals surface area contributed by atoms with Crippen LogP contribution in [0, 0.1) is 0 Å². The van der Waals surface area contributed by atoms with Gasteiger partial charge in [-0.15, -0.1) is 0 Å². The van der Waals surface area contributed by atoms with E-state index in [1.165, 1.54) is 19.3 Å². The van der Waals surface area contributed by atoms with Crippen molar-refractivity contribution in [2.24, 2.45) is 5.73 Å². The van der Waals surface area contributed by atoms with Gasteiger partial charge in [0.1, 0.15) is 0 Å². The number of rotatable bonds is 4. The van der Waals surface area contributed by atoms with Crippen LogP contribution >= 0.6 is 11.8 Å². The summed E-state index contributed by atoms with van der Waals surface area (Å²) >= 11 is 1.74. The number of hydrogen-bond acceptors (Lipinski definition) is 2. The maximum atomic E-state index is 10.1. The molecule has 76 valence electrons. The number of amides is 1. The second-order valence-electron chi connectivity index (χ2n) is 2.82. The number of carbonyl (C=O) groups excluding carboxylic acids is 1. The number of primary amides is 1. The second-order valence-corrected chi connectivity index (χ2v) is 4.21. The fourth-order valence-electron chi connectivity index (χ4n) is 0.906. The molecule has 0 aromatic rings. The van der Waals surface area contributed by atoms with Gasteiger partial charge in [0.15, 0.2) is 0 Å². The summed E-state index contributed by atoms with van der Waals surface area (Å²) in [6, 6.07) is 0. The zero-order valence-electron chi connectivity index (χ0n) is 8.29. The molecule has 0 saturated heterocycles. The Morgan fingerprint density at radius 1 is 1.46 bits per heavy atom. The van der Waals surface area contributed by atoms with Gasteiger partial charge in [-0.2, -0.15) is 11.8 Å². The standard InChI is InChI=1S/C5H11NOS.C5H8/c1-2-8-4-3-5(6)7;1-2-4-5-3-1/h2-4H2,1H3,(H2,6,7);1-2H,3-5H2. The molecule has 0 unspecified atom stereocenters. The highest BCUT2D eigenvalue weighted by Crippen LogP contribution is 2.05. The van der Waals surface area contributed by atoms with E-state index in [1.54, 1.807) is 11.8 Å². The third-order valence-corrected chi connectivity index (χ3v) is 2.51. The first-order valence-corrected chi connectivity index (χ1v) is 5.94. The number of allylic oxidation sites excluding steroid dienone is 2. The monoisotopic (exact) mass is 201 g/mol. The van der Waals surface area contributed by atoms with Gasteiger partial charge in [0.05, 0.1) is 0 Å². The van der Waals surface area contributed by atoms with Crippen LogP contribution in [0.1, 0.15) is 32.6 Å². The molecule has 1 aliphatic carbocycles. The van der Waals surface area contributed by atoms with Crippen LogP contribution in [-0.4, -0.2) is 17.4 Å². The molecular formula is C10H19NOS. The number of thioether (sulfide) groups is 1. The van der Waals surface area contributed by atoms with Gasteiger partial charge in [-0.05, 0) is 25.0 Å². The van der Waals surface area contributed by atoms with Gasteiger partial charge in [0.25, 0.3) is 0 Å². The Morgan fingerprint density at radius 3 is 2.38 bits per heavy atom. The average Bonchev–Trinajstić information content (AvgIpc) is 2.61. The molecule has 0 aliphatic heterocycles. The van der Waals surface area contributed by atoms with Crippen LogP contribution in [0.3, 0.4) is 0 Å². The van der Waals surface area contributed by atoms with Crippen LogP contribution in [0.4, 0.5) is 0 Å². The zero-order chi connectivity index (χ0) is 9.94. The van der Waals surface area contributed by atoms with E-state index in [4.69, 9.17) is 5.73 Å². The highest BCUT2D eigenvalue weighted by atomic mass is 32.2. The number of hydrogen-bond donors (Lipinski definition) is 1. The molecule has 1 aliphatic rings. The molecule has 0 fully saturated rings. The van der Waals surface area contributed by atoms with Crippen molar-refractivity contribution >= 4 is 17.7 Å². The van der Waals surface area contributed by atoms with Gasteiger partial charge in [-0.1, -0.05) is 19.1 Å². The van der Waals surface area contributed by atoms with Crippen molar-refractivity contribution < 1.29 is 4.79 Å². The van der Waals surface area contributed by atoms with Gasteiger partial charge >= 0.3 is 0 Å². The Labute approximate surface area is 85.0 Å². The first-order valence-electron chi connectivity index (χ1n) is 4.78. The molecular weight excluding hydrogens is 182 g/mol. The molecule has 0 heterocycles. The molecule has 2 nitrogen and oxygen atoms in total. The molecule has 1 amide bonds. The van der Waals surface area contributed by atoms with Gasteiger partial charge in [-0.25, -0.2) is 0 Å². The lowest BCUT2D eigenvalue weighted by Crippen LogP contribution is -2.10. The Kier molecular flexibility index (Phi) is 9.32. The predicted molar refractivity (Wildman–Crippen MR) is 59.8 cm³/mol. The summed E-state index contributed by atoms with van der Waals surface area (Å²) in [5.41, 5.74) is 4.88. The van der Waals surface area contributed by atoms with E-state index in [0.29, 0.717) is 6.42 Å². The largest absolute Gasteiger partial charge is 0.370 e. The smallest absolute Gasteiger partial charge is 0.218 e. The minimum atomic E-state index is -0.203. The van der Waals surface area contributed by atoms with Crippen molar-refractivity contribution in [2.75, 3.05) is 11.5 Å². The molecule has 13 heavy (non-hydrogen) atoms. The normalized spacial score (nSPS) is 13.6. The van der Waals surface area contributed by atoms with Crippen LogP contribution < -0.4 is 5.73 Å². The van der Waals surface area contributed by atoms with Gasteiger partial charge < -0.3 is 5.73 Å². The molecule has 0 saturated carbocycles. The summed E-state index contributed by atoms with van der Waals surface area (Å²) in [7, 11) is 0. The van der Waals surface area contributed by atoms with E-state index in [2.05, 4.69) is 19.1 Å². The summed E-state index contributed by atoms with van der Waals surface area (Å²) in [6.45, 7) is 2.06. The first kappa shape index (κ1) is 12.6. The third-order valence-electron chi connectivity index (χ3n) is 1.61. The molecule has 3 heteroatoms. The third kappa shape index (κ3) is 11.6. The van der Waals surface area contributed by atoms with Crippen molar-refractivity contribution in [1.29, 1.82) is 0 Å². The van der Waals surface area contributed by atoms with E-state index in [0.717, 1.165) is 11.5 Å². The van der Waals surface area contributed by atoms with E-state index < -0.39 is 0 Å². The molecule has 0 bridgehead atoms.